The van der Waals surface area contributed by atoms with Crippen LogP contribution in [-0.4, -0.2) is 197 Å². The highest BCUT2D eigenvalue weighted by atomic mass is 35.5. The average molecular weight is 1080 g/mol. The summed E-state index contributed by atoms with van der Waals surface area (Å²) in [7, 11) is -4.12. The van der Waals surface area contributed by atoms with E-state index in [9.17, 15) is 57.4 Å². The van der Waals surface area contributed by atoms with Gasteiger partial charge in [0.05, 0.1) is 42.9 Å². The number of halogens is 1. The molecule has 3 heterocycles. The van der Waals surface area contributed by atoms with Crippen LogP contribution < -0.4 is 10.2 Å². The summed E-state index contributed by atoms with van der Waals surface area (Å²) >= 11 is 7.27. The summed E-state index contributed by atoms with van der Waals surface area (Å²) in [4.78, 5) is 69.7. The third kappa shape index (κ3) is 15.9. The first-order valence-corrected chi connectivity index (χ1v) is 27.6. The number of hydrogen-bond donors (Lipinski definition) is 6. The zero-order valence-corrected chi connectivity index (χ0v) is 45.0. The number of carboxylic acid groups (broad SMARTS) is 4. The van der Waals surface area contributed by atoms with Crippen molar-refractivity contribution in [1.82, 2.24) is 24.9 Å². The van der Waals surface area contributed by atoms with Crippen LogP contribution in [0.4, 0.5) is 11.4 Å². The largest absolute Gasteiger partial charge is 0.480 e. The number of rotatable bonds is 21. The second-order valence-corrected chi connectivity index (χ2v) is 22.7. The minimum atomic E-state index is -4.12. The summed E-state index contributed by atoms with van der Waals surface area (Å²) in [6.07, 6.45) is 12.0. The highest BCUT2D eigenvalue weighted by molar-refractivity contribution is 7.85. The highest BCUT2D eigenvalue weighted by Crippen LogP contribution is 2.49. The normalized spacial score (nSPS) is 20.3. The van der Waals surface area contributed by atoms with Gasteiger partial charge in [0, 0.05) is 111 Å². The fourth-order valence-electron chi connectivity index (χ4n) is 10.6. The third-order valence-electron chi connectivity index (χ3n) is 14.6. The number of hydrogen-bond acceptors (Lipinski definition) is 12. The van der Waals surface area contributed by atoms with Crippen LogP contribution in [0.25, 0.3) is 0 Å². The molecule has 6 rings (SSSR count). The number of carboxylic acids is 4. The number of aromatic carboxylic acids is 1. The molecule has 0 saturated carbocycles. The average Bonchev–Trinajstić information content (AvgIpc) is 3.68. The van der Waals surface area contributed by atoms with Gasteiger partial charge in [-0.3, -0.25) is 43.3 Å². The third-order valence-corrected chi connectivity index (χ3v) is 15.9. The minimum absolute atomic E-state index is 0.0209. The number of nitrogens with one attached hydrogen (secondary N) is 1. The minimum Gasteiger partial charge on any atom is -0.480 e. The molecule has 0 radical (unpaired) electrons. The number of benzene rings is 2. The Morgan fingerprint density at radius 3 is 1.84 bits per heavy atom. The molecule has 6 N–H and O–H groups in total. The molecular weight excluding hydrogens is 1010 g/mol. The van der Waals surface area contributed by atoms with Gasteiger partial charge >= 0.3 is 23.9 Å². The van der Waals surface area contributed by atoms with Crippen LogP contribution in [0, 0.1) is 0 Å². The molecule has 75 heavy (non-hydrogen) atoms. The molecule has 0 aromatic heterocycles. The molecule has 4 aliphatic rings. The number of allylic oxidation sites excluding steroid dienone is 8. The molecule has 408 valence electrons. The number of para-hydroxylation sites is 1. The first-order valence-electron chi connectivity index (χ1n) is 25.6. The van der Waals surface area contributed by atoms with Crippen molar-refractivity contribution in [2.45, 2.75) is 77.0 Å². The lowest BCUT2D eigenvalue weighted by Gasteiger charge is -2.32. The van der Waals surface area contributed by atoms with Crippen molar-refractivity contribution in [3.8, 4) is 0 Å². The van der Waals surface area contributed by atoms with E-state index in [4.69, 9.17) is 11.6 Å². The van der Waals surface area contributed by atoms with Gasteiger partial charge in [-0.25, -0.2) is 4.79 Å². The molecule has 0 atom stereocenters. The second-order valence-electron chi connectivity index (χ2n) is 20.7. The zero-order valence-electron chi connectivity index (χ0n) is 43.5. The van der Waals surface area contributed by atoms with Gasteiger partial charge in [0.15, 0.2) is 12.3 Å². The molecule has 1 saturated heterocycles. The number of amides is 1. The number of anilines is 1. The summed E-state index contributed by atoms with van der Waals surface area (Å²) < 4.78 is 34.6. The maximum Gasteiger partial charge on any atom is 0.335 e. The number of unbranched alkanes of at least 4 members (excludes halogenated alkanes) is 1. The fourth-order valence-corrected chi connectivity index (χ4v) is 11.4. The van der Waals surface area contributed by atoms with Crippen molar-refractivity contribution in [1.29, 1.82) is 0 Å². The van der Waals surface area contributed by atoms with Crippen molar-refractivity contribution >= 4 is 68.6 Å². The maximum absolute atomic E-state index is 13.6. The topological polar surface area (TPSA) is 252 Å². The number of fused-ring (bicyclic) bond motifs is 2. The van der Waals surface area contributed by atoms with Gasteiger partial charge in [0.25, 0.3) is 10.1 Å². The standard InChI is InChI=1S/C54H72ClN7O12S/c1-53(2)41-13-5-6-14-43(41)62(23-10-21-56-47(63)34-57-24-26-58(35-48(64)65)28-30-60(37-50(68)69)31-29-59(27-25-57)36-49(66)67)45(53)19-16-38-11-9-12-39(51(38)55)17-20-46-54(3,4)42-33-40(52(70)71)15-18-44(42)61(46)22-7-8-32-75(72,73)74/h5-6,13-20,33H,7-12,21-32,34-37H2,1-4H3,(H5-,56,63,64,65,66,67,68,69,70,71,72,73,74)/p+1. The number of nitrogens with zero attached hydrogens (tertiary/aromatic N) is 6. The lowest BCUT2D eigenvalue weighted by atomic mass is 9.81. The van der Waals surface area contributed by atoms with Gasteiger partial charge in [-0.2, -0.15) is 13.0 Å². The predicted molar refractivity (Wildman–Crippen MR) is 287 cm³/mol. The monoisotopic (exact) mass is 1080 g/mol. The lowest BCUT2D eigenvalue weighted by molar-refractivity contribution is -0.437. The van der Waals surface area contributed by atoms with E-state index in [0.29, 0.717) is 63.7 Å². The van der Waals surface area contributed by atoms with Gasteiger partial charge in [-0.05, 0) is 86.9 Å². The van der Waals surface area contributed by atoms with Crippen LogP contribution in [0.3, 0.4) is 0 Å². The molecule has 1 fully saturated rings. The van der Waals surface area contributed by atoms with E-state index < -0.39 is 39.4 Å². The Bertz CT molecular complexity index is 2720. The number of aliphatic carboxylic acids is 3. The summed E-state index contributed by atoms with van der Waals surface area (Å²) in [5.41, 5.74) is 7.07. The van der Waals surface area contributed by atoms with Gasteiger partial charge in [0.2, 0.25) is 11.6 Å². The predicted octanol–water partition coefficient (Wildman–Crippen LogP) is 5.25. The fraction of sp³-hybridized carbons (Fsp3) is 0.519. The van der Waals surface area contributed by atoms with Crippen LogP contribution in [0.15, 0.2) is 88.6 Å². The lowest BCUT2D eigenvalue weighted by Crippen LogP contribution is -2.49. The van der Waals surface area contributed by atoms with Crippen LogP contribution in [-0.2, 0) is 40.1 Å². The van der Waals surface area contributed by atoms with Crippen LogP contribution >= 0.6 is 11.6 Å². The van der Waals surface area contributed by atoms with E-state index in [1.54, 1.807) is 32.9 Å². The van der Waals surface area contributed by atoms with Crippen LogP contribution in [0.1, 0.15) is 87.7 Å². The molecule has 0 spiro atoms. The Morgan fingerprint density at radius 1 is 0.707 bits per heavy atom. The molecule has 2 aromatic carbocycles. The van der Waals surface area contributed by atoms with Crippen molar-refractivity contribution in [2.24, 2.45) is 0 Å². The van der Waals surface area contributed by atoms with E-state index >= 15 is 0 Å². The number of carbonyl (C=O) groups excluding carboxylic acids is 1. The van der Waals surface area contributed by atoms with Gasteiger partial charge in [0.1, 0.15) is 0 Å². The Morgan fingerprint density at radius 2 is 1.28 bits per heavy atom. The Hall–Kier alpha value is -5.74. The summed E-state index contributed by atoms with van der Waals surface area (Å²) in [6, 6.07) is 13.3. The van der Waals surface area contributed by atoms with Crippen LogP contribution in [0.5, 0.6) is 0 Å². The summed E-state index contributed by atoms with van der Waals surface area (Å²) in [6.45, 7) is 11.6. The van der Waals surface area contributed by atoms with E-state index in [0.717, 1.165) is 58.8 Å². The van der Waals surface area contributed by atoms with E-state index in [1.807, 2.05) is 43.0 Å². The molecule has 21 heteroatoms. The Kier molecular flexibility index (Phi) is 20.2. The van der Waals surface area contributed by atoms with Crippen molar-refractivity contribution in [2.75, 3.05) is 109 Å². The zero-order chi connectivity index (χ0) is 54.7. The molecule has 3 aliphatic heterocycles. The molecule has 2 aromatic rings. The smallest absolute Gasteiger partial charge is 0.335 e. The molecule has 19 nitrogen and oxygen atoms in total. The Labute approximate surface area is 444 Å². The second kappa shape index (κ2) is 25.9. The highest BCUT2D eigenvalue weighted by Gasteiger charge is 2.44. The molecule has 1 aliphatic carbocycles. The molecule has 0 bridgehead atoms. The van der Waals surface area contributed by atoms with Gasteiger partial charge in [-0.15, -0.1) is 0 Å². The van der Waals surface area contributed by atoms with Gasteiger partial charge in [-0.1, -0.05) is 55.8 Å². The quantitative estimate of drug-likeness (QED) is 0.0530. The number of carbonyl (C=O) groups is 5. The van der Waals surface area contributed by atoms with E-state index in [-0.39, 0.29) is 81.4 Å². The Balaban J connectivity index is 1.17. The molecular formula is C54H73ClN7O12S+. The van der Waals surface area contributed by atoms with E-state index in [1.165, 1.54) is 5.56 Å². The molecule has 1 amide bonds. The molecule has 0 unspecified atom stereocenters. The van der Waals surface area contributed by atoms with Crippen molar-refractivity contribution in [3.05, 3.63) is 105 Å². The first-order chi connectivity index (χ1) is 35.4. The van der Waals surface area contributed by atoms with Crippen LogP contribution in [0.2, 0.25) is 0 Å². The van der Waals surface area contributed by atoms with Crippen molar-refractivity contribution in [3.63, 3.8) is 0 Å². The SMILES string of the molecule is CC1(C)C(=CC=C2CCCC(C=CC3=[N+](CCCNC(=O)CN4CCN(CC(=O)O)CCN(CC(=O)O)CCN(CC(=O)O)CC4)c4ccccc4C3(C)C)=C2Cl)N(CCCCS(=O)(=O)O)c2ccc(C(=O)O)cc21. The summed E-state index contributed by atoms with van der Waals surface area (Å²) in [5, 5.41) is 42.2. The summed E-state index contributed by atoms with van der Waals surface area (Å²) in [5.74, 6) is -4.67. The van der Waals surface area contributed by atoms with E-state index in [2.05, 4.69) is 52.9 Å². The maximum atomic E-state index is 13.6. The van der Waals surface area contributed by atoms with Gasteiger partial charge < -0.3 is 30.6 Å². The van der Waals surface area contributed by atoms with Crippen molar-refractivity contribution < 1.29 is 61.9 Å². The first kappa shape index (κ1) is 58.5.